The SMILES string of the molecule is [2H]P(P)SP([3H])C12CC3CC(CC(C3)C1)C2. The molecule has 0 aromatic heterocycles. The second-order valence-corrected chi connectivity index (χ2v) is 12.0. The largest absolute Gasteiger partial charge is 0.109 e. The average Bonchev–Trinajstić information content (AvgIpc) is 2.13. The molecule has 0 radical (unpaired) electrons. The van der Waals surface area contributed by atoms with E-state index in [1.807, 2.05) is 0 Å². The maximum atomic E-state index is 8.49. The highest BCUT2D eigenvalue weighted by atomic mass is 33.1. The van der Waals surface area contributed by atoms with Gasteiger partial charge in [-0.15, -0.1) is 19.9 Å². The second kappa shape index (κ2) is 4.14. The second-order valence-electron chi connectivity index (χ2n) is 5.42. The number of hydrogen-bond acceptors (Lipinski definition) is 1. The van der Waals surface area contributed by atoms with Crippen LogP contribution in [0.1, 0.15) is 38.5 Å². The quantitative estimate of drug-likeness (QED) is 0.670. The molecule has 0 aliphatic heterocycles. The molecule has 4 saturated carbocycles. The predicted molar refractivity (Wildman–Crippen MR) is 74.8 cm³/mol. The van der Waals surface area contributed by atoms with Crippen LogP contribution >= 0.6 is 35.1 Å². The van der Waals surface area contributed by atoms with Crippen LogP contribution in [-0.2, 0) is 0 Å². The van der Waals surface area contributed by atoms with Crippen LogP contribution in [0.4, 0.5) is 0 Å². The van der Waals surface area contributed by atoms with Crippen molar-refractivity contribution in [2.75, 3.05) is 0 Å². The fourth-order valence-electron chi connectivity index (χ4n) is 4.29. The Morgan fingerprint density at radius 3 is 2.21 bits per heavy atom. The summed E-state index contributed by atoms with van der Waals surface area (Å²) in [5.41, 5.74) is 0. The van der Waals surface area contributed by atoms with E-state index in [0.717, 1.165) is 17.8 Å². The van der Waals surface area contributed by atoms with E-state index >= 15 is 0 Å². The zero-order chi connectivity index (χ0) is 11.3. The van der Waals surface area contributed by atoms with Gasteiger partial charge in [-0.05, 0) is 68.9 Å². The van der Waals surface area contributed by atoms with E-state index in [0.29, 0.717) is 5.16 Å². The minimum absolute atomic E-state index is 0.368. The van der Waals surface area contributed by atoms with Crippen LogP contribution in [0.5, 0.6) is 0 Å². The zero-order valence-electron chi connectivity index (χ0n) is 10.4. The van der Waals surface area contributed by atoms with Crippen molar-refractivity contribution in [3.05, 3.63) is 0 Å². The first-order valence-corrected chi connectivity index (χ1v) is 11.0. The molecular formula is C10H19P3S. The van der Waals surface area contributed by atoms with Crippen molar-refractivity contribution in [1.82, 2.24) is 0 Å². The van der Waals surface area contributed by atoms with Gasteiger partial charge < -0.3 is 0 Å². The van der Waals surface area contributed by atoms with Gasteiger partial charge in [0.15, 0.2) is 0 Å². The third-order valence-corrected chi connectivity index (χ3v) is 11.2. The summed E-state index contributed by atoms with van der Waals surface area (Å²) in [4.78, 5) is 0. The van der Waals surface area contributed by atoms with Crippen LogP contribution in [0.2, 0.25) is 0 Å². The monoisotopic (exact) mass is 267 g/mol. The molecule has 80 valence electrons. The van der Waals surface area contributed by atoms with Gasteiger partial charge in [0, 0.05) is 0 Å². The lowest BCUT2D eigenvalue weighted by molar-refractivity contribution is 0.0375. The molecule has 0 heterocycles. The molecule has 3 atom stereocenters. The molecule has 4 heteroatoms. The predicted octanol–water partition coefficient (Wildman–Crippen LogP) is 4.67. The van der Waals surface area contributed by atoms with Crippen molar-refractivity contribution >= 4 is 35.1 Å². The summed E-state index contributed by atoms with van der Waals surface area (Å²) >= 11 is 1.67. The van der Waals surface area contributed by atoms with Crippen LogP contribution in [-0.4, -0.2) is 7.71 Å². The van der Waals surface area contributed by atoms with Crippen molar-refractivity contribution in [2.24, 2.45) is 17.8 Å². The Morgan fingerprint density at radius 2 is 1.79 bits per heavy atom. The molecule has 0 spiro atoms. The number of hydrogen-bond donors (Lipinski definition) is 0. The lowest BCUT2D eigenvalue weighted by Crippen LogP contribution is -2.47. The van der Waals surface area contributed by atoms with E-state index in [9.17, 15) is 0 Å². The molecule has 3 unspecified atom stereocenters. The van der Waals surface area contributed by atoms with Gasteiger partial charge in [0.2, 0.25) is 0 Å². The fourth-order valence-corrected chi connectivity index (χ4v) is 10.1. The maximum Gasteiger partial charge on any atom is 0.0740 e. The van der Waals surface area contributed by atoms with Gasteiger partial charge >= 0.3 is 0 Å². The molecule has 4 rings (SSSR count). The smallest absolute Gasteiger partial charge is 0.0740 e. The Balaban J connectivity index is 1.77. The van der Waals surface area contributed by atoms with Gasteiger partial charge in [0.05, 0.1) is 2.56 Å². The first-order chi connectivity index (χ1) is 7.57. The van der Waals surface area contributed by atoms with E-state index in [2.05, 4.69) is 8.93 Å². The van der Waals surface area contributed by atoms with E-state index in [4.69, 9.17) is 2.56 Å². The third-order valence-electron chi connectivity index (χ3n) is 4.29. The van der Waals surface area contributed by atoms with E-state index in [-0.39, 0.29) is 0 Å². The van der Waals surface area contributed by atoms with Gasteiger partial charge in [-0.25, -0.2) is 0 Å². The van der Waals surface area contributed by atoms with Crippen molar-refractivity contribution in [3.63, 3.8) is 0 Å². The van der Waals surface area contributed by atoms with Crippen molar-refractivity contribution in [3.8, 4) is 0 Å². The first-order valence-electron chi connectivity index (χ1n) is 6.48. The van der Waals surface area contributed by atoms with Gasteiger partial charge in [-0.3, -0.25) is 0 Å². The minimum atomic E-state index is -0.767. The topological polar surface area (TPSA) is 0 Å². The molecule has 14 heavy (non-hydrogen) atoms. The molecule has 4 bridgehead atoms. The highest BCUT2D eigenvalue weighted by Gasteiger charge is 2.50. The molecule has 4 aliphatic rings. The summed E-state index contributed by atoms with van der Waals surface area (Å²) in [6.45, 7) is 0. The first kappa shape index (κ1) is 8.69. The summed E-state index contributed by atoms with van der Waals surface area (Å²) in [7, 11) is 1.12. The molecule has 0 nitrogen and oxygen atoms in total. The summed E-state index contributed by atoms with van der Waals surface area (Å²) in [5.74, 6) is 2.84. The van der Waals surface area contributed by atoms with Gasteiger partial charge in [0.25, 0.3) is 0 Å². The van der Waals surface area contributed by atoms with Crippen molar-refractivity contribution in [2.45, 2.75) is 43.7 Å². The summed E-state index contributed by atoms with van der Waals surface area (Å²) in [6.07, 6.45) is 8.37. The summed E-state index contributed by atoms with van der Waals surface area (Å²) in [5, 5.41) is 0.368. The Labute approximate surface area is 99.2 Å². The Hall–Kier alpha value is 1.64. The van der Waals surface area contributed by atoms with Gasteiger partial charge in [-0.2, -0.15) is 0 Å². The maximum absolute atomic E-state index is 8.49. The summed E-state index contributed by atoms with van der Waals surface area (Å²) in [6, 6.07) is 0. The highest BCUT2D eigenvalue weighted by Crippen LogP contribution is 2.68. The molecule has 4 fully saturated rings. The minimum Gasteiger partial charge on any atom is -0.109 e. The molecule has 0 aromatic rings. The van der Waals surface area contributed by atoms with Gasteiger partial charge in [-0.1, -0.05) is 7.73 Å². The van der Waals surface area contributed by atoms with E-state index in [1.165, 1.54) is 38.5 Å². The Bertz CT molecular complexity index is 252. The average molecular weight is 267 g/mol. The van der Waals surface area contributed by atoms with Crippen LogP contribution < -0.4 is 0 Å². The van der Waals surface area contributed by atoms with Gasteiger partial charge in [0.1, 0.15) is 0 Å². The fraction of sp³-hybridized carbons (Fsp3) is 1.00. The Morgan fingerprint density at radius 1 is 1.29 bits per heavy atom. The normalized spacial score (nSPS) is 56.5. The van der Waals surface area contributed by atoms with Crippen LogP contribution in [0.15, 0.2) is 0 Å². The molecule has 0 amide bonds. The zero-order valence-corrected chi connectivity index (χ0v) is 12.1. The van der Waals surface area contributed by atoms with E-state index < -0.39 is 15.1 Å². The molecular weight excluding hydrogens is 245 g/mol. The molecule has 0 N–H and O–H groups in total. The summed E-state index contributed by atoms with van der Waals surface area (Å²) < 4.78 is 16.2. The number of rotatable bonds is 3. The third kappa shape index (κ3) is 1.93. The highest BCUT2D eigenvalue weighted by molar-refractivity contribution is 8.86. The lowest BCUT2D eigenvalue weighted by atomic mass is 9.56. The van der Waals surface area contributed by atoms with E-state index in [1.54, 1.807) is 11.0 Å². The Kier molecular flexibility index (Phi) is 2.57. The lowest BCUT2D eigenvalue weighted by Gasteiger charge is -2.56. The molecule has 4 aliphatic carbocycles. The van der Waals surface area contributed by atoms with Crippen LogP contribution in [0.3, 0.4) is 0 Å². The van der Waals surface area contributed by atoms with Crippen LogP contribution in [0.25, 0.3) is 0 Å². The van der Waals surface area contributed by atoms with Crippen molar-refractivity contribution in [1.29, 1.82) is 2.56 Å². The van der Waals surface area contributed by atoms with Crippen LogP contribution in [0, 0.1) is 17.8 Å². The molecule has 0 aromatic carbocycles. The standard InChI is InChI=1S/C10H19P3S/c11-13-14-12-10-4-7-1-8(5-10)3-9(2-7)6-10/h7-9,12-13H,1-6,11H2/i12T,13D. The van der Waals surface area contributed by atoms with Crippen molar-refractivity contribution < 1.29 is 0 Å². The molecule has 0 saturated heterocycles.